The van der Waals surface area contributed by atoms with Crippen molar-refractivity contribution < 1.29 is 4.79 Å². The lowest BCUT2D eigenvalue weighted by atomic mass is 10.3. The van der Waals surface area contributed by atoms with Crippen molar-refractivity contribution >= 4 is 40.6 Å². The van der Waals surface area contributed by atoms with Crippen molar-refractivity contribution in [1.29, 1.82) is 0 Å². The Hall–Kier alpha value is -2.51. The standard InChI is InChI=1S/C18H18ClN5OS/c1-12(17(25)21-15-9-5-6-13(19)10-15)26-18-22-16(23-24-18)11-20-14-7-3-2-4-8-14/h2-10,12,20H,11H2,1H3,(H,21,25)(H,22,23,24)/t12-/m0/s1. The Morgan fingerprint density at radius 1 is 1.19 bits per heavy atom. The van der Waals surface area contributed by atoms with Crippen LogP contribution < -0.4 is 10.6 Å². The van der Waals surface area contributed by atoms with E-state index in [0.717, 1.165) is 5.69 Å². The van der Waals surface area contributed by atoms with Crippen LogP contribution in [0.4, 0.5) is 11.4 Å². The predicted molar refractivity (Wildman–Crippen MR) is 106 cm³/mol. The molecule has 134 valence electrons. The highest BCUT2D eigenvalue weighted by atomic mass is 35.5. The average molecular weight is 388 g/mol. The first-order valence-electron chi connectivity index (χ1n) is 8.03. The van der Waals surface area contributed by atoms with Crippen LogP contribution >= 0.6 is 23.4 Å². The number of nitrogens with one attached hydrogen (secondary N) is 3. The van der Waals surface area contributed by atoms with Gasteiger partial charge in [0.1, 0.15) is 5.82 Å². The minimum Gasteiger partial charge on any atom is -0.378 e. The Morgan fingerprint density at radius 3 is 2.73 bits per heavy atom. The van der Waals surface area contributed by atoms with Gasteiger partial charge in [-0.15, -0.1) is 5.10 Å². The van der Waals surface area contributed by atoms with Gasteiger partial charge < -0.3 is 10.6 Å². The van der Waals surface area contributed by atoms with Gasteiger partial charge in [-0.2, -0.15) is 0 Å². The van der Waals surface area contributed by atoms with Gasteiger partial charge in [0, 0.05) is 16.4 Å². The first-order chi connectivity index (χ1) is 12.6. The molecule has 6 nitrogen and oxygen atoms in total. The van der Waals surface area contributed by atoms with Crippen molar-refractivity contribution in [2.75, 3.05) is 10.6 Å². The predicted octanol–water partition coefficient (Wildman–Crippen LogP) is 4.19. The van der Waals surface area contributed by atoms with Gasteiger partial charge in [0.05, 0.1) is 11.8 Å². The van der Waals surface area contributed by atoms with E-state index in [4.69, 9.17) is 11.6 Å². The number of rotatable bonds is 7. The summed E-state index contributed by atoms with van der Waals surface area (Å²) in [4.78, 5) is 16.7. The minimum absolute atomic E-state index is 0.133. The number of nitrogens with zero attached hydrogens (tertiary/aromatic N) is 2. The molecule has 0 aliphatic rings. The van der Waals surface area contributed by atoms with Gasteiger partial charge in [-0.3, -0.25) is 9.89 Å². The number of amides is 1. The van der Waals surface area contributed by atoms with E-state index in [9.17, 15) is 4.79 Å². The Balaban J connectivity index is 1.52. The highest BCUT2D eigenvalue weighted by Crippen LogP contribution is 2.22. The van der Waals surface area contributed by atoms with Crippen LogP contribution in [0.5, 0.6) is 0 Å². The zero-order chi connectivity index (χ0) is 18.4. The number of H-pyrrole nitrogens is 1. The molecule has 0 unspecified atom stereocenters. The zero-order valence-corrected chi connectivity index (χ0v) is 15.6. The highest BCUT2D eigenvalue weighted by Gasteiger charge is 2.17. The van der Waals surface area contributed by atoms with E-state index in [0.29, 0.717) is 28.2 Å². The second-order valence-electron chi connectivity index (χ2n) is 5.54. The second kappa shape index (κ2) is 8.73. The summed E-state index contributed by atoms with van der Waals surface area (Å²) >= 11 is 7.22. The molecule has 26 heavy (non-hydrogen) atoms. The van der Waals surface area contributed by atoms with Crippen molar-refractivity contribution in [2.24, 2.45) is 0 Å². The number of carbonyl (C=O) groups is 1. The van der Waals surface area contributed by atoms with Gasteiger partial charge in [0.2, 0.25) is 11.1 Å². The third-order valence-electron chi connectivity index (χ3n) is 3.49. The molecule has 0 saturated carbocycles. The summed E-state index contributed by atoms with van der Waals surface area (Å²) in [6.45, 7) is 2.34. The average Bonchev–Trinajstić information content (AvgIpc) is 3.08. The number of aromatic nitrogens is 3. The normalized spacial score (nSPS) is 11.8. The van der Waals surface area contributed by atoms with Crippen LogP contribution in [0.15, 0.2) is 59.8 Å². The fourth-order valence-electron chi connectivity index (χ4n) is 2.17. The van der Waals surface area contributed by atoms with Gasteiger partial charge in [-0.25, -0.2) is 4.98 Å². The Bertz CT molecular complexity index is 871. The molecule has 1 aromatic heterocycles. The molecule has 3 rings (SSSR count). The molecular formula is C18H18ClN5OS. The molecule has 0 aliphatic heterocycles. The number of benzene rings is 2. The quantitative estimate of drug-likeness (QED) is 0.529. The Morgan fingerprint density at radius 2 is 1.96 bits per heavy atom. The molecule has 3 aromatic rings. The van der Waals surface area contributed by atoms with Gasteiger partial charge in [0.25, 0.3) is 0 Å². The third kappa shape index (κ3) is 5.24. The van der Waals surface area contributed by atoms with Crippen LogP contribution in [0.3, 0.4) is 0 Å². The number of hydrogen-bond acceptors (Lipinski definition) is 5. The molecule has 2 aromatic carbocycles. The smallest absolute Gasteiger partial charge is 0.237 e. The van der Waals surface area contributed by atoms with Crippen LogP contribution in [0.2, 0.25) is 5.02 Å². The van der Waals surface area contributed by atoms with E-state index in [2.05, 4.69) is 25.8 Å². The monoisotopic (exact) mass is 387 g/mol. The van der Waals surface area contributed by atoms with Gasteiger partial charge in [-0.1, -0.05) is 47.6 Å². The summed E-state index contributed by atoms with van der Waals surface area (Å²) in [5.41, 5.74) is 1.67. The second-order valence-corrected chi connectivity index (χ2v) is 7.29. The molecule has 3 N–H and O–H groups in total. The van der Waals surface area contributed by atoms with Crippen LogP contribution in [0.1, 0.15) is 12.7 Å². The lowest BCUT2D eigenvalue weighted by Crippen LogP contribution is -2.22. The lowest BCUT2D eigenvalue weighted by Gasteiger charge is -2.10. The third-order valence-corrected chi connectivity index (χ3v) is 4.68. The number of aromatic amines is 1. The van der Waals surface area contributed by atoms with Crippen LogP contribution in [0.25, 0.3) is 0 Å². The molecule has 1 amide bonds. The SMILES string of the molecule is C[C@H](Sc1n[nH]c(CNc2ccccc2)n1)C(=O)Nc1cccc(Cl)c1. The number of para-hydroxylation sites is 1. The van der Waals surface area contributed by atoms with Crippen molar-refractivity contribution in [3.8, 4) is 0 Å². The van der Waals surface area contributed by atoms with Crippen molar-refractivity contribution in [3.63, 3.8) is 0 Å². The van der Waals surface area contributed by atoms with E-state index in [-0.39, 0.29) is 11.2 Å². The maximum atomic E-state index is 12.3. The first-order valence-corrected chi connectivity index (χ1v) is 9.29. The van der Waals surface area contributed by atoms with Crippen molar-refractivity contribution in [2.45, 2.75) is 23.9 Å². The Kier molecular flexibility index (Phi) is 6.14. The maximum Gasteiger partial charge on any atom is 0.237 e. The molecule has 0 spiro atoms. The lowest BCUT2D eigenvalue weighted by molar-refractivity contribution is -0.115. The molecular weight excluding hydrogens is 370 g/mol. The van der Waals surface area contributed by atoms with Crippen LogP contribution in [-0.4, -0.2) is 26.3 Å². The largest absolute Gasteiger partial charge is 0.378 e. The molecule has 0 aliphatic carbocycles. The van der Waals surface area contributed by atoms with E-state index >= 15 is 0 Å². The molecule has 1 atom stereocenters. The van der Waals surface area contributed by atoms with Crippen LogP contribution in [0, 0.1) is 0 Å². The van der Waals surface area contributed by atoms with Crippen molar-refractivity contribution in [3.05, 3.63) is 65.4 Å². The van der Waals surface area contributed by atoms with Gasteiger partial charge >= 0.3 is 0 Å². The Labute approximate surface area is 160 Å². The molecule has 8 heteroatoms. The highest BCUT2D eigenvalue weighted by molar-refractivity contribution is 8.00. The van der Waals surface area contributed by atoms with Gasteiger partial charge in [-0.05, 0) is 37.3 Å². The number of carbonyl (C=O) groups excluding carboxylic acids is 1. The van der Waals surface area contributed by atoms with Gasteiger partial charge in [0.15, 0.2) is 0 Å². The van der Waals surface area contributed by atoms with E-state index < -0.39 is 0 Å². The summed E-state index contributed by atoms with van der Waals surface area (Å²) in [5, 5.41) is 13.9. The molecule has 0 saturated heterocycles. The number of thioether (sulfide) groups is 1. The summed E-state index contributed by atoms with van der Waals surface area (Å²) in [6.07, 6.45) is 0. The summed E-state index contributed by atoms with van der Waals surface area (Å²) in [5.74, 6) is 0.574. The summed E-state index contributed by atoms with van der Waals surface area (Å²) in [6, 6.07) is 16.9. The topological polar surface area (TPSA) is 82.7 Å². The fourth-order valence-corrected chi connectivity index (χ4v) is 3.11. The summed E-state index contributed by atoms with van der Waals surface area (Å²) in [7, 11) is 0. The number of hydrogen-bond donors (Lipinski definition) is 3. The fraction of sp³-hybridized carbons (Fsp3) is 0.167. The van der Waals surface area contributed by atoms with Crippen molar-refractivity contribution in [1.82, 2.24) is 15.2 Å². The first kappa shape index (κ1) is 18.3. The summed E-state index contributed by atoms with van der Waals surface area (Å²) < 4.78 is 0. The number of halogens is 1. The van der Waals surface area contributed by atoms with E-state index in [1.165, 1.54) is 11.8 Å². The maximum absolute atomic E-state index is 12.3. The molecule has 1 heterocycles. The van der Waals surface area contributed by atoms with Crippen LogP contribution in [-0.2, 0) is 11.3 Å². The molecule has 0 fully saturated rings. The molecule has 0 bridgehead atoms. The van der Waals surface area contributed by atoms with E-state index in [1.54, 1.807) is 24.3 Å². The number of anilines is 2. The molecule has 0 radical (unpaired) electrons. The van der Waals surface area contributed by atoms with E-state index in [1.807, 2.05) is 37.3 Å². The zero-order valence-electron chi connectivity index (χ0n) is 14.1. The minimum atomic E-state index is -0.347.